The quantitative estimate of drug-likeness (QED) is 0.817. The summed E-state index contributed by atoms with van der Waals surface area (Å²) in [5.74, 6) is 1.74. The summed E-state index contributed by atoms with van der Waals surface area (Å²) in [6, 6.07) is 6.55. The molecule has 1 aromatic carbocycles. The summed E-state index contributed by atoms with van der Waals surface area (Å²) < 4.78 is 11.5. The van der Waals surface area contributed by atoms with Crippen LogP contribution in [0.2, 0.25) is 0 Å². The van der Waals surface area contributed by atoms with Gasteiger partial charge in [0.25, 0.3) is 0 Å². The van der Waals surface area contributed by atoms with Gasteiger partial charge in [-0.15, -0.1) is 0 Å². The van der Waals surface area contributed by atoms with Crippen LogP contribution in [-0.2, 0) is 11.2 Å². The third-order valence-corrected chi connectivity index (χ3v) is 4.09. The SMILES string of the molecule is C[C@@H]1Cc2cc(OC3CCOCC3)ccc2N(C)C1. The van der Waals surface area contributed by atoms with E-state index in [1.807, 2.05) is 0 Å². The summed E-state index contributed by atoms with van der Waals surface area (Å²) in [4.78, 5) is 2.35. The van der Waals surface area contributed by atoms with Crippen molar-refractivity contribution in [1.82, 2.24) is 0 Å². The van der Waals surface area contributed by atoms with Gasteiger partial charge in [-0.05, 0) is 36.1 Å². The average Bonchev–Trinajstić information content (AvgIpc) is 2.39. The van der Waals surface area contributed by atoms with Gasteiger partial charge in [-0.3, -0.25) is 0 Å². The standard InChI is InChI=1S/C16H23NO2/c1-12-9-13-10-15(3-4-16(13)17(2)11-12)19-14-5-7-18-8-6-14/h3-4,10,12,14H,5-9,11H2,1-2H3/t12-/m1/s1. The van der Waals surface area contributed by atoms with Gasteiger partial charge in [0.2, 0.25) is 0 Å². The van der Waals surface area contributed by atoms with Crippen LogP contribution >= 0.6 is 0 Å². The molecular formula is C16H23NO2. The van der Waals surface area contributed by atoms with Crippen molar-refractivity contribution in [1.29, 1.82) is 0 Å². The highest BCUT2D eigenvalue weighted by atomic mass is 16.5. The molecule has 104 valence electrons. The van der Waals surface area contributed by atoms with Crippen molar-refractivity contribution in [3.8, 4) is 5.75 Å². The van der Waals surface area contributed by atoms with Gasteiger partial charge in [0.1, 0.15) is 11.9 Å². The third-order valence-electron chi connectivity index (χ3n) is 4.09. The van der Waals surface area contributed by atoms with Gasteiger partial charge in [0.05, 0.1) is 13.2 Å². The number of fused-ring (bicyclic) bond motifs is 1. The molecule has 0 aliphatic carbocycles. The highest BCUT2D eigenvalue weighted by molar-refractivity contribution is 5.57. The highest BCUT2D eigenvalue weighted by Crippen LogP contribution is 2.32. The minimum Gasteiger partial charge on any atom is -0.490 e. The van der Waals surface area contributed by atoms with Gasteiger partial charge in [-0.25, -0.2) is 0 Å². The zero-order valence-electron chi connectivity index (χ0n) is 11.9. The molecule has 2 aliphatic heterocycles. The van der Waals surface area contributed by atoms with Crippen LogP contribution in [0, 0.1) is 5.92 Å². The second-order valence-corrected chi connectivity index (χ2v) is 5.91. The normalized spacial score (nSPS) is 24.1. The first kappa shape index (κ1) is 12.8. The Kier molecular flexibility index (Phi) is 3.65. The number of hydrogen-bond acceptors (Lipinski definition) is 3. The predicted molar refractivity (Wildman–Crippen MR) is 77.0 cm³/mol. The Hall–Kier alpha value is -1.22. The predicted octanol–water partition coefficient (Wildman–Crippen LogP) is 2.87. The molecule has 0 bridgehead atoms. The number of hydrogen-bond donors (Lipinski definition) is 0. The lowest BCUT2D eigenvalue weighted by molar-refractivity contribution is 0.0255. The van der Waals surface area contributed by atoms with E-state index in [1.54, 1.807) is 0 Å². The van der Waals surface area contributed by atoms with E-state index in [2.05, 4.69) is 37.1 Å². The van der Waals surface area contributed by atoms with E-state index < -0.39 is 0 Å². The summed E-state index contributed by atoms with van der Waals surface area (Å²) in [5, 5.41) is 0. The lowest BCUT2D eigenvalue weighted by Gasteiger charge is -2.32. The van der Waals surface area contributed by atoms with Crippen LogP contribution in [-0.4, -0.2) is 32.9 Å². The molecule has 19 heavy (non-hydrogen) atoms. The largest absolute Gasteiger partial charge is 0.490 e. The lowest BCUT2D eigenvalue weighted by atomic mass is 9.94. The van der Waals surface area contributed by atoms with Crippen LogP contribution in [0.4, 0.5) is 5.69 Å². The molecule has 1 saturated heterocycles. The Labute approximate surface area is 115 Å². The lowest BCUT2D eigenvalue weighted by Crippen LogP contribution is -2.31. The summed E-state index contributed by atoms with van der Waals surface area (Å²) in [7, 11) is 2.17. The molecule has 3 nitrogen and oxygen atoms in total. The topological polar surface area (TPSA) is 21.7 Å². The smallest absolute Gasteiger partial charge is 0.120 e. The Bertz CT molecular complexity index is 440. The minimum absolute atomic E-state index is 0.325. The van der Waals surface area contributed by atoms with Crippen molar-refractivity contribution in [2.24, 2.45) is 5.92 Å². The van der Waals surface area contributed by atoms with Crippen molar-refractivity contribution in [3.05, 3.63) is 23.8 Å². The number of nitrogens with zero attached hydrogens (tertiary/aromatic N) is 1. The molecular weight excluding hydrogens is 238 g/mol. The number of anilines is 1. The Balaban J connectivity index is 1.75. The van der Waals surface area contributed by atoms with Crippen molar-refractivity contribution in [2.45, 2.75) is 32.3 Å². The fraction of sp³-hybridized carbons (Fsp3) is 0.625. The Morgan fingerprint density at radius 2 is 2.05 bits per heavy atom. The van der Waals surface area contributed by atoms with Crippen molar-refractivity contribution in [3.63, 3.8) is 0 Å². The van der Waals surface area contributed by atoms with Crippen LogP contribution in [0.25, 0.3) is 0 Å². The van der Waals surface area contributed by atoms with E-state index in [-0.39, 0.29) is 0 Å². The van der Waals surface area contributed by atoms with Crippen molar-refractivity contribution in [2.75, 3.05) is 31.7 Å². The van der Waals surface area contributed by atoms with Crippen LogP contribution in [0.1, 0.15) is 25.3 Å². The molecule has 3 heteroatoms. The van der Waals surface area contributed by atoms with E-state index in [9.17, 15) is 0 Å². The molecule has 0 aromatic heterocycles. The van der Waals surface area contributed by atoms with Gasteiger partial charge in [-0.1, -0.05) is 6.92 Å². The monoisotopic (exact) mass is 261 g/mol. The molecule has 0 spiro atoms. The first-order valence-corrected chi connectivity index (χ1v) is 7.31. The molecule has 0 N–H and O–H groups in total. The van der Waals surface area contributed by atoms with Gasteiger partial charge < -0.3 is 14.4 Å². The van der Waals surface area contributed by atoms with E-state index in [1.165, 1.54) is 11.3 Å². The van der Waals surface area contributed by atoms with Crippen molar-refractivity contribution >= 4 is 5.69 Å². The summed E-state index contributed by atoms with van der Waals surface area (Å²) in [6.07, 6.45) is 3.50. The molecule has 3 rings (SSSR count). The molecule has 1 aromatic rings. The number of ether oxygens (including phenoxy) is 2. The molecule has 0 unspecified atom stereocenters. The maximum absolute atomic E-state index is 6.09. The fourth-order valence-electron chi connectivity index (χ4n) is 3.16. The number of rotatable bonds is 2. The van der Waals surface area contributed by atoms with Gasteiger partial charge in [-0.2, -0.15) is 0 Å². The second kappa shape index (κ2) is 5.41. The maximum atomic E-state index is 6.09. The third kappa shape index (κ3) is 2.86. The zero-order valence-corrected chi connectivity index (χ0v) is 11.9. The molecule has 2 aliphatic rings. The Morgan fingerprint density at radius 3 is 2.84 bits per heavy atom. The van der Waals surface area contributed by atoms with E-state index >= 15 is 0 Å². The molecule has 0 saturated carbocycles. The van der Waals surface area contributed by atoms with Crippen LogP contribution in [0.5, 0.6) is 5.75 Å². The number of benzene rings is 1. The zero-order chi connectivity index (χ0) is 13.2. The van der Waals surface area contributed by atoms with E-state index in [0.717, 1.165) is 50.7 Å². The highest BCUT2D eigenvalue weighted by Gasteiger charge is 2.21. The van der Waals surface area contributed by atoms with Crippen LogP contribution < -0.4 is 9.64 Å². The Morgan fingerprint density at radius 1 is 1.26 bits per heavy atom. The first-order chi connectivity index (χ1) is 9.22. The molecule has 0 radical (unpaired) electrons. The summed E-state index contributed by atoms with van der Waals surface area (Å²) >= 11 is 0. The molecule has 1 atom stereocenters. The molecule has 2 heterocycles. The first-order valence-electron chi connectivity index (χ1n) is 7.31. The van der Waals surface area contributed by atoms with Crippen LogP contribution in [0.15, 0.2) is 18.2 Å². The van der Waals surface area contributed by atoms with Crippen molar-refractivity contribution < 1.29 is 9.47 Å². The fourth-order valence-corrected chi connectivity index (χ4v) is 3.16. The average molecular weight is 261 g/mol. The van der Waals surface area contributed by atoms with E-state index in [0.29, 0.717) is 6.10 Å². The molecule has 0 amide bonds. The summed E-state index contributed by atoms with van der Waals surface area (Å²) in [5.41, 5.74) is 2.78. The van der Waals surface area contributed by atoms with Gasteiger partial charge in [0.15, 0.2) is 0 Å². The minimum atomic E-state index is 0.325. The van der Waals surface area contributed by atoms with Crippen LogP contribution in [0.3, 0.4) is 0 Å². The maximum Gasteiger partial charge on any atom is 0.120 e. The summed E-state index contributed by atoms with van der Waals surface area (Å²) in [6.45, 7) is 5.11. The van der Waals surface area contributed by atoms with Gasteiger partial charge in [0, 0.05) is 32.1 Å². The molecule has 1 fully saturated rings. The van der Waals surface area contributed by atoms with E-state index in [4.69, 9.17) is 9.47 Å². The van der Waals surface area contributed by atoms with Gasteiger partial charge >= 0.3 is 0 Å². The second-order valence-electron chi connectivity index (χ2n) is 5.91.